The zero-order valence-electron chi connectivity index (χ0n) is 18.3. The smallest absolute Gasteiger partial charge is 0.277 e. The van der Waals surface area contributed by atoms with Crippen LogP contribution in [0.4, 0.5) is 10.1 Å². The van der Waals surface area contributed by atoms with E-state index in [-0.39, 0.29) is 33.8 Å². The van der Waals surface area contributed by atoms with E-state index in [1.54, 1.807) is 25.1 Å². The average Bonchev–Trinajstić information content (AvgIpc) is 3.32. The zero-order chi connectivity index (χ0) is 22.9. The summed E-state index contributed by atoms with van der Waals surface area (Å²) < 4.78 is 24.9. The number of para-hydroxylation sites is 2. The third-order valence-corrected chi connectivity index (χ3v) is 6.33. The number of aromatic nitrogens is 2. The number of fused-ring (bicyclic) bond motifs is 1. The number of carbonyl (C=O) groups excluding carboxylic acids is 1. The fraction of sp³-hybridized carbons (Fsp3) is 0.292. The van der Waals surface area contributed by atoms with Crippen molar-refractivity contribution in [3.63, 3.8) is 0 Å². The molecule has 1 aliphatic heterocycles. The first-order valence-corrected chi connectivity index (χ1v) is 11.2. The van der Waals surface area contributed by atoms with Crippen LogP contribution in [0.5, 0.6) is 5.75 Å². The molecule has 0 bridgehead atoms. The van der Waals surface area contributed by atoms with Crippen LogP contribution in [-0.2, 0) is 10.2 Å². The molecule has 6 nitrogen and oxygen atoms in total. The Morgan fingerprint density at radius 1 is 1.22 bits per heavy atom. The number of halogens is 1. The molecule has 0 saturated carbocycles. The maximum atomic E-state index is 13.8. The number of carbonyl (C=O) groups is 1. The topological polar surface area (TPSA) is 68.5 Å². The van der Waals surface area contributed by atoms with Gasteiger partial charge in [0.2, 0.25) is 0 Å². The lowest BCUT2D eigenvalue weighted by Crippen LogP contribution is -2.24. The van der Waals surface area contributed by atoms with Crippen LogP contribution in [-0.4, -0.2) is 28.8 Å². The number of allylic oxidation sites excluding steroid dienone is 2. The highest BCUT2D eigenvalue weighted by Crippen LogP contribution is 2.46. The van der Waals surface area contributed by atoms with Crippen molar-refractivity contribution in [2.45, 2.75) is 37.5 Å². The van der Waals surface area contributed by atoms with Crippen LogP contribution < -0.4 is 9.64 Å². The van der Waals surface area contributed by atoms with Crippen molar-refractivity contribution in [1.29, 1.82) is 0 Å². The molecule has 3 aromatic rings. The third-order valence-electron chi connectivity index (χ3n) is 5.49. The highest BCUT2D eigenvalue weighted by molar-refractivity contribution is 7.99. The average molecular weight is 454 g/mol. The fourth-order valence-corrected chi connectivity index (χ4v) is 4.40. The van der Waals surface area contributed by atoms with Gasteiger partial charge >= 0.3 is 0 Å². The Labute approximate surface area is 190 Å². The summed E-state index contributed by atoms with van der Waals surface area (Å²) in [5, 5.41) is 8.20. The molecule has 0 amide bonds. The Morgan fingerprint density at radius 3 is 2.69 bits per heavy atom. The molecule has 166 valence electrons. The summed E-state index contributed by atoms with van der Waals surface area (Å²) in [6, 6.07) is 14.3. The van der Waals surface area contributed by atoms with Gasteiger partial charge in [-0.15, -0.1) is 10.2 Å². The van der Waals surface area contributed by atoms with E-state index in [0.29, 0.717) is 0 Å². The molecule has 0 fully saturated rings. The maximum Gasteiger partial charge on any atom is 0.277 e. The van der Waals surface area contributed by atoms with E-state index in [2.05, 4.69) is 41.1 Å². The Morgan fingerprint density at radius 2 is 1.94 bits per heavy atom. The first kappa shape index (κ1) is 22.1. The van der Waals surface area contributed by atoms with E-state index in [4.69, 9.17) is 9.15 Å². The standard InChI is InChI=1S/C24H24FN3O3S/c1-15(30-20-12-8-6-10-18(20)25)22-26-27-23(31-22)32-14-16(29)13-21-24(2,3)17-9-5-7-11-19(17)28(21)4/h5-13,15H,14H2,1-4H3. The second-order valence-corrected chi connectivity index (χ2v) is 9.01. The summed E-state index contributed by atoms with van der Waals surface area (Å²) in [6.07, 6.45) is 1.06. The first-order chi connectivity index (χ1) is 15.3. The van der Waals surface area contributed by atoms with E-state index >= 15 is 0 Å². The van der Waals surface area contributed by atoms with Crippen LogP contribution in [0, 0.1) is 5.82 Å². The van der Waals surface area contributed by atoms with E-state index in [0.717, 1.165) is 23.1 Å². The van der Waals surface area contributed by atoms with Crippen molar-refractivity contribution >= 4 is 23.2 Å². The van der Waals surface area contributed by atoms with Crippen molar-refractivity contribution < 1.29 is 18.3 Å². The lowest BCUT2D eigenvalue weighted by atomic mass is 9.83. The molecule has 1 atom stereocenters. The molecule has 0 aliphatic carbocycles. The van der Waals surface area contributed by atoms with Crippen LogP contribution >= 0.6 is 11.8 Å². The van der Waals surface area contributed by atoms with E-state index in [1.165, 1.54) is 17.7 Å². The fourth-order valence-electron chi connectivity index (χ4n) is 3.81. The molecule has 1 aliphatic rings. The maximum absolute atomic E-state index is 13.8. The van der Waals surface area contributed by atoms with Gasteiger partial charge in [0.15, 0.2) is 23.5 Å². The predicted molar refractivity (Wildman–Crippen MR) is 121 cm³/mol. The van der Waals surface area contributed by atoms with Crippen LogP contribution in [0.25, 0.3) is 0 Å². The molecule has 4 rings (SSSR count). The summed E-state index contributed by atoms with van der Waals surface area (Å²) in [5.41, 5.74) is 2.99. The van der Waals surface area contributed by atoms with Gasteiger partial charge in [-0.05, 0) is 30.7 Å². The van der Waals surface area contributed by atoms with Gasteiger partial charge in [0.05, 0.1) is 5.75 Å². The van der Waals surface area contributed by atoms with Crippen LogP contribution in [0.2, 0.25) is 0 Å². The van der Waals surface area contributed by atoms with Crippen molar-refractivity contribution in [3.05, 3.63) is 77.6 Å². The quantitative estimate of drug-likeness (QED) is 0.354. The molecule has 0 radical (unpaired) electrons. The number of hydrogen-bond donors (Lipinski definition) is 0. The van der Waals surface area contributed by atoms with Gasteiger partial charge < -0.3 is 14.1 Å². The van der Waals surface area contributed by atoms with Crippen molar-refractivity contribution in [1.82, 2.24) is 10.2 Å². The summed E-state index contributed by atoms with van der Waals surface area (Å²) in [5.74, 6) is -0.0251. The minimum Gasteiger partial charge on any atom is -0.478 e. The molecule has 1 unspecified atom stereocenters. The molecular weight excluding hydrogens is 429 g/mol. The zero-order valence-corrected chi connectivity index (χ0v) is 19.1. The molecule has 8 heteroatoms. The number of benzene rings is 2. The highest BCUT2D eigenvalue weighted by atomic mass is 32.2. The van der Waals surface area contributed by atoms with Gasteiger partial charge in [0.25, 0.3) is 11.1 Å². The summed E-state index contributed by atoms with van der Waals surface area (Å²) in [4.78, 5) is 14.8. The number of rotatable bonds is 7. The van der Waals surface area contributed by atoms with Gasteiger partial charge in [0, 0.05) is 29.9 Å². The second-order valence-electron chi connectivity index (χ2n) is 8.08. The van der Waals surface area contributed by atoms with Gasteiger partial charge in [0.1, 0.15) is 0 Å². The number of thioether (sulfide) groups is 1. The molecule has 0 saturated heterocycles. The normalized spacial score (nSPS) is 16.8. The van der Waals surface area contributed by atoms with E-state index in [1.807, 2.05) is 19.2 Å². The molecule has 2 heterocycles. The lowest BCUT2D eigenvalue weighted by molar-refractivity contribution is -0.112. The predicted octanol–water partition coefficient (Wildman–Crippen LogP) is 5.32. The van der Waals surface area contributed by atoms with Crippen LogP contribution in [0.1, 0.15) is 38.3 Å². The summed E-state index contributed by atoms with van der Waals surface area (Å²) in [7, 11) is 1.97. The number of likely N-dealkylation sites (N-methyl/N-ethyl adjacent to an activating group) is 1. The molecular formula is C24H24FN3O3S. The monoisotopic (exact) mass is 453 g/mol. The summed E-state index contributed by atoms with van der Waals surface area (Å²) >= 11 is 1.16. The molecule has 32 heavy (non-hydrogen) atoms. The second kappa shape index (κ2) is 8.78. The summed E-state index contributed by atoms with van der Waals surface area (Å²) in [6.45, 7) is 5.92. The minimum atomic E-state index is -0.627. The molecule has 0 N–H and O–H groups in total. The van der Waals surface area contributed by atoms with Crippen molar-refractivity contribution in [2.75, 3.05) is 17.7 Å². The first-order valence-electron chi connectivity index (χ1n) is 10.2. The van der Waals surface area contributed by atoms with E-state index in [9.17, 15) is 9.18 Å². The van der Waals surface area contributed by atoms with Gasteiger partial charge in [-0.25, -0.2) is 4.39 Å². The van der Waals surface area contributed by atoms with Gasteiger partial charge in [-0.2, -0.15) is 0 Å². The Hall–Kier alpha value is -3.13. The third kappa shape index (κ3) is 4.27. The van der Waals surface area contributed by atoms with Crippen molar-refractivity contribution in [3.8, 4) is 5.75 Å². The van der Waals surface area contributed by atoms with Crippen molar-refractivity contribution in [2.24, 2.45) is 0 Å². The Bertz CT molecular complexity index is 1170. The van der Waals surface area contributed by atoms with Gasteiger partial charge in [-0.1, -0.05) is 55.9 Å². The Balaban J connectivity index is 1.39. The van der Waals surface area contributed by atoms with Crippen LogP contribution in [0.3, 0.4) is 0 Å². The molecule has 2 aromatic carbocycles. The number of nitrogens with zero attached hydrogens (tertiary/aromatic N) is 3. The number of ketones is 1. The Kier molecular flexibility index (Phi) is 6.06. The molecule has 1 aromatic heterocycles. The number of ether oxygens (including phenoxy) is 1. The number of hydrogen-bond acceptors (Lipinski definition) is 7. The minimum absolute atomic E-state index is 0.0480. The SMILES string of the molecule is CC(Oc1ccccc1F)c1nnc(SCC(=O)C=C2N(C)c3ccccc3C2(C)C)o1. The van der Waals surface area contributed by atoms with Crippen LogP contribution in [0.15, 0.2) is 69.9 Å². The lowest BCUT2D eigenvalue weighted by Gasteiger charge is -2.23. The highest BCUT2D eigenvalue weighted by Gasteiger charge is 2.38. The number of anilines is 1. The van der Waals surface area contributed by atoms with E-state index < -0.39 is 11.9 Å². The molecule has 0 spiro atoms. The largest absolute Gasteiger partial charge is 0.478 e. The van der Waals surface area contributed by atoms with Gasteiger partial charge in [-0.3, -0.25) is 4.79 Å².